The molecule has 2 amide bonds. The molecule has 0 aromatic heterocycles. The fraction of sp³-hybridized carbons (Fsp3) is 0.615. The Kier molecular flexibility index (Phi) is 18.8. The van der Waals surface area contributed by atoms with Crippen molar-refractivity contribution in [1.82, 2.24) is 9.80 Å². The molecule has 284 valence electrons. The lowest BCUT2D eigenvalue weighted by molar-refractivity contribution is 0.0155. The van der Waals surface area contributed by atoms with Crippen LogP contribution < -0.4 is 11.5 Å². The minimum atomic E-state index is -0.568. The van der Waals surface area contributed by atoms with Gasteiger partial charge >= 0.3 is 18.2 Å². The Balaban J connectivity index is 0.000000892. The summed E-state index contributed by atoms with van der Waals surface area (Å²) in [4.78, 5) is 39.6. The van der Waals surface area contributed by atoms with Gasteiger partial charge in [0, 0.05) is 41.7 Å². The van der Waals surface area contributed by atoms with Crippen molar-refractivity contribution in [3.05, 3.63) is 69.7 Å². The van der Waals surface area contributed by atoms with Gasteiger partial charge in [0.25, 0.3) is 0 Å². The second kappa shape index (κ2) is 20.0. The van der Waals surface area contributed by atoms with E-state index in [0.717, 1.165) is 28.4 Å². The summed E-state index contributed by atoms with van der Waals surface area (Å²) in [6.07, 6.45) is 2.14. The summed E-state index contributed by atoms with van der Waals surface area (Å²) in [7, 11) is 0. The van der Waals surface area contributed by atoms with Gasteiger partial charge in [-0.15, -0.1) is 0 Å². The first kappa shape index (κ1) is 46.9. The average Bonchev–Trinajstić information content (AvgIpc) is 3.01. The molecule has 10 nitrogen and oxygen atoms in total. The number of nitrogens with zero attached hydrogens (tertiary/aromatic N) is 2. The van der Waals surface area contributed by atoms with Crippen LogP contribution in [0.2, 0.25) is 0 Å². The summed E-state index contributed by atoms with van der Waals surface area (Å²) in [5, 5.41) is 0. The number of halogens is 1. The number of likely N-dealkylation sites (tertiary alicyclic amines) is 2. The molecular weight excluding hydrogens is 700 g/mol. The Hall–Kier alpha value is -3.15. The van der Waals surface area contributed by atoms with Crippen molar-refractivity contribution in [2.45, 2.75) is 125 Å². The highest BCUT2D eigenvalue weighted by atomic mass is 79.9. The highest BCUT2D eigenvalue weighted by Crippen LogP contribution is 2.33. The number of carbonyl (C=O) groups is 3. The fourth-order valence-electron chi connectivity index (χ4n) is 5.38. The Morgan fingerprint density at radius 1 is 0.720 bits per heavy atom. The molecule has 2 aliphatic heterocycles. The van der Waals surface area contributed by atoms with Crippen LogP contribution in [0, 0.1) is 0 Å². The van der Waals surface area contributed by atoms with Crippen LogP contribution in [0.3, 0.4) is 0 Å². The smallest absolute Gasteiger partial charge is 0.410 e. The Labute approximate surface area is 310 Å². The van der Waals surface area contributed by atoms with E-state index in [0.29, 0.717) is 51.2 Å². The molecule has 4 rings (SSSR count). The van der Waals surface area contributed by atoms with E-state index in [1.54, 1.807) is 28.9 Å². The summed E-state index contributed by atoms with van der Waals surface area (Å²) in [5.41, 5.74) is 13.7. The van der Waals surface area contributed by atoms with Crippen LogP contribution in [0.15, 0.2) is 53.0 Å². The molecule has 0 atom stereocenters. The molecule has 2 aromatic rings. The predicted molar refractivity (Wildman–Crippen MR) is 207 cm³/mol. The standard InChI is InChI=1S/C19H28N2O4.C16H23BrN2O2.C2H6.2CH4/c1-5-24-16(22)14-7-6-8-15(13-14)19(20)9-11-21(12-10-19)17(23)25-18(2,3)4;1-15(2,3)21-14(20)19-9-7-16(18,8-10-19)12-5-4-6-13(17)11-12;1-2;;/h6-8,13H,5,9-12,20H2,1-4H3;4-6,11H,7-10,18H2,1-3H3;1-2H3;2*1H4. The highest BCUT2D eigenvalue weighted by molar-refractivity contribution is 9.10. The van der Waals surface area contributed by atoms with Crippen molar-refractivity contribution in [3.63, 3.8) is 0 Å². The molecule has 0 unspecified atom stereocenters. The van der Waals surface area contributed by atoms with Gasteiger partial charge in [0.15, 0.2) is 0 Å². The Morgan fingerprint density at radius 3 is 1.46 bits per heavy atom. The van der Waals surface area contributed by atoms with Crippen LogP contribution in [0.25, 0.3) is 0 Å². The van der Waals surface area contributed by atoms with E-state index in [-0.39, 0.29) is 38.5 Å². The number of nitrogens with two attached hydrogens (primary N) is 2. The minimum absolute atomic E-state index is 0. The van der Waals surface area contributed by atoms with Gasteiger partial charge in [-0.2, -0.15) is 0 Å². The third-order valence-corrected chi connectivity index (χ3v) is 8.46. The van der Waals surface area contributed by atoms with Crippen LogP contribution >= 0.6 is 15.9 Å². The highest BCUT2D eigenvalue weighted by Gasteiger charge is 2.37. The lowest BCUT2D eigenvalue weighted by Gasteiger charge is -2.40. The molecular formula is C39H65BrN4O6. The molecule has 2 saturated heterocycles. The Morgan fingerprint density at radius 2 is 1.10 bits per heavy atom. The van der Waals surface area contributed by atoms with E-state index in [2.05, 4.69) is 22.0 Å². The zero-order valence-corrected chi connectivity index (χ0v) is 31.9. The number of hydrogen-bond donors (Lipinski definition) is 2. The average molecular weight is 766 g/mol. The lowest BCUT2D eigenvalue weighted by Crippen LogP contribution is -2.50. The maximum Gasteiger partial charge on any atom is 0.410 e. The van der Waals surface area contributed by atoms with Crippen LogP contribution in [0.4, 0.5) is 9.59 Å². The monoisotopic (exact) mass is 764 g/mol. The molecule has 2 aliphatic rings. The second-order valence-electron chi connectivity index (χ2n) is 14.1. The lowest BCUT2D eigenvalue weighted by atomic mass is 9.81. The second-order valence-corrected chi connectivity index (χ2v) is 15.0. The van der Waals surface area contributed by atoms with Gasteiger partial charge < -0.3 is 35.5 Å². The molecule has 0 radical (unpaired) electrons. The first-order valence-corrected chi connectivity index (χ1v) is 17.7. The molecule has 2 fully saturated rings. The molecule has 2 heterocycles. The number of benzene rings is 2. The summed E-state index contributed by atoms with van der Waals surface area (Å²) in [5.74, 6) is -0.348. The van der Waals surface area contributed by atoms with E-state index in [1.165, 1.54) is 0 Å². The first-order chi connectivity index (χ1) is 22.3. The van der Waals surface area contributed by atoms with Crippen molar-refractivity contribution in [2.24, 2.45) is 11.5 Å². The van der Waals surface area contributed by atoms with Gasteiger partial charge in [-0.05, 0) is 110 Å². The van der Waals surface area contributed by atoms with Gasteiger partial charge in [0.05, 0.1) is 12.2 Å². The maximum absolute atomic E-state index is 12.2. The van der Waals surface area contributed by atoms with E-state index < -0.39 is 16.7 Å². The van der Waals surface area contributed by atoms with E-state index in [4.69, 9.17) is 25.7 Å². The minimum Gasteiger partial charge on any atom is -0.462 e. The number of esters is 1. The summed E-state index contributed by atoms with van der Waals surface area (Å²) in [6.45, 7) is 19.6. The molecule has 0 aliphatic carbocycles. The van der Waals surface area contributed by atoms with Crippen LogP contribution in [-0.4, -0.2) is 71.9 Å². The summed E-state index contributed by atoms with van der Waals surface area (Å²) >= 11 is 3.48. The fourth-order valence-corrected chi connectivity index (χ4v) is 5.77. The zero-order chi connectivity index (χ0) is 36.3. The van der Waals surface area contributed by atoms with Gasteiger partial charge in [-0.3, -0.25) is 0 Å². The van der Waals surface area contributed by atoms with Crippen molar-refractivity contribution in [3.8, 4) is 0 Å². The van der Waals surface area contributed by atoms with Gasteiger partial charge in [0.1, 0.15) is 11.2 Å². The molecule has 50 heavy (non-hydrogen) atoms. The van der Waals surface area contributed by atoms with E-state index in [1.807, 2.05) is 85.7 Å². The van der Waals surface area contributed by atoms with Crippen molar-refractivity contribution >= 4 is 34.1 Å². The third-order valence-electron chi connectivity index (χ3n) is 7.96. The number of ether oxygens (including phenoxy) is 3. The molecule has 2 aromatic carbocycles. The van der Waals surface area contributed by atoms with Gasteiger partial charge in [-0.25, -0.2) is 14.4 Å². The number of carbonyl (C=O) groups excluding carboxylic acids is 3. The molecule has 4 N–H and O–H groups in total. The zero-order valence-electron chi connectivity index (χ0n) is 30.4. The van der Waals surface area contributed by atoms with Gasteiger partial charge in [-0.1, -0.05) is 68.9 Å². The van der Waals surface area contributed by atoms with Crippen molar-refractivity contribution in [2.75, 3.05) is 32.8 Å². The molecule has 0 bridgehead atoms. The molecule has 0 saturated carbocycles. The number of hydrogen-bond acceptors (Lipinski definition) is 8. The molecule has 0 spiro atoms. The first-order valence-electron chi connectivity index (χ1n) is 16.9. The normalized spacial score (nSPS) is 16.4. The number of amides is 2. The predicted octanol–water partition coefficient (Wildman–Crippen LogP) is 8.98. The summed E-state index contributed by atoms with van der Waals surface area (Å²) < 4.78 is 16.9. The number of rotatable bonds is 4. The van der Waals surface area contributed by atoms with Crippen molar-refractivity contribution < 1.29 is 28.6 Å². The maximum atomic E-state index is 12.2. The topological polar surface area (TPSA) is 137 Å². The third kappa shape index (κ3) is 14.2. The van der Waals surface area contributed by atoms with Crippen LogP contribution in [0.5, 0.6) is 0 Å². The number of piperidine rings is 2. The largest absolute Gasteiger partial charge is 0.462 e. The molecule has 11 heteroatoms. The Bertz CT molecular complexity index is 1350. The van der Waals surface area contributed by atoms with E-state index >= 15 is 0 Å². The summed E-state index contributed by atoms with van der Waals surface area (Å²) in [6, 6.07) is 15.3. The van der Waals surface area contributed by atoms with E-state index in [9.17, 15) is 14.4 Å². The van der Waals surface area contributed by atoms with Gasteiger partial charge in [0.2, 0.25) is 0 Å². The SMILES string of the molecule is C.C.CC.CC(C)(C)OC(=O)N1CCC(N)(c2cccc(Br)c2)CC1.CCOC(=O)c1cccc(C2(N)CCN(C(=O)OC(C)(C)C)CC2)c1. The van der Waals surface area contributed by atoms with Crippen LogP contribution in [0.1, 0.15) is 124 Å². The quantitative estimate of drug-likeness (QED) is 0.233. The van der Waals surface area contributed by atoms with Crippen LogP contribution in [-0.2, 0) is 25.3 Å². The van der Waals surface area contributed by atoms with Crippen molar-refractivity contribution in [1.29, 1.82) is 0 Å².